The molecule has 0 unspecified atom stereocenters. The molecule has 0 fully saturated rings. The van der Waals surface area contributed by atoms with Gasteiger partial charge in [0.1, 0.15) is 0 Å². The number of nitrogens with one attached hydrogen (secondary N) is 1. The van der Waals surface area contributed by atoms with E-state index >= 15 is 0 Å². The summed E-state index contributed by atoms with van der Waals surface area (Å²) in [6.07, 6.45) is -4.13. The highest BCUT2D eigenvalue weighted by molar-refractivity contribution is 4.99. The van der Waals surface area contributed by atoms with E-state index in [-0.39, 0.29) is 0 Å². The fraction of sp³-hybridized carbons (Fsp3) is 0.800. The van der Waals surface area contributed by atoms with Crippen LogP contribution in [0.5, 0.6) is 0 Å². The SMILES string of the molecule is C=C(CNCC)CN(CC)CC(F)(F)F. The summed E-state index contributed by atoms with van der Waals surface area (Å²) in [5.41, 5.74) is 0.781. The van der Waals surface area contributed by atoms with Crippen LogP contribution in [-0.4, -0.2) is 43.8 Å². The van der Waals surface area contributed by atoms with Crippen LogP contribution in [0.25, 0.3) is 0 Å². The monoisotopic (exact) mass is 224 g/mol. The van der Waals surface area contributed by atoms with E-state index in [0.717, 1.165) is 12.1 Å². The third-order valence-corrected chi connectivity index (χ3v) is 1.92. The van der Waals surface area contributed by atoms with Crippen molar-refractivity contribution in [3.63, 3.8) is 0 Å². The van der Waals surface area contributed by atoms with Gasteiger partial charge in [-0.15, -0.1) is 0 Å². The second-order valence-electron chi connectivity index (χ2n) is 3.45. The fourth-order valence-electron chi connectivity index (χ4n) is 1.21. The van der Waals surface area contributed by atoms with Crippen molar-refractivity contribution >= 4 is 0 Å². The minimum Gasteiger partial charge on any atom is -0.313 e. The summed E-state index contributed by atoms with van der Waals surface area (Å²) >= 11 is 0. The third-order valence-electron chi connectivity index (χ3n) is 1.92. The van der Waals surface area contributed by atoms with E-state index in [1.807, 2.05) is 6.92 Å². The average molecular weight is 224 g/mol. The zero-order valence-electron chi connectivity index (χ0n) is 9.32. The van der Waals surface area contributed by atoms with Crippen molar-refractivity contribution in [3.8, 4) is 0 Å². The van der Waals surface area contributed by atoms with Crippen LogP contribution in [0.2, 0.25) is 0 Å². The van der Waals surface area contributed by atoms with Crippen molar-refractivity contribution in [2.75, 3.05) is 32.7 Å². The number of rotatable bonds is 7. The van der Waals surface area contributed by atoms with Crippen LogP contribution in [0.15, 0.2) is 12.2 Å². The first kappa shape index (κ1) is 14.5. The summed E-state index contributed by atoms with van der Waals surface area (Å²) in [6.45, 7) is 8.58. The Morgan fingerprint density at radius 1 is 1.33 bits per heavy atom. The van der Waals surface area contributed by atoms with Crippen molar-refractivity contribution < 1.29 is 13.2 Å². The molecule has 0 heterocycles. The van der Waals surface area contributed by atoms with Crippen molar-refractivity contribution in [2.24, 2.45) is 0 Å². The number of hydrogen-bond donors (Lipinski definition) is 1. The molecule has 90 valence electrons. The van der Waals surface area contributed by atoms with E-state index in [1.54, 1.807) is 6.92 Å². The highest BCUT2D eigenvalue weighted by atomic mass is 19.4. The van der Waals surface area contributed by atoms with Crippen LogP contribution in [0, 0.1) is 0 Å². The molecular weight excluding hydrogens is 205 g/mol. The maximum Gasteiger partial charge on any atom is 0.401 e. The van der Waals surface area contributed by atoms with E-state index < -0.39 is 12.7 Å². The Bertz CT molecular complexity index is 190. The lowest BCUT2D eigenvalue weighted by molar-refractivity contribution is -0.144. The van der Waals surface area contributed by atoms with Gasteiger partial charge in [-0.1, -0.05) is 20.4 Å². The number of halogens is 3. The third kappa shape index (κ3) is 8.44. The molecular formula is C10H19F3N2. The van der Waals surface area contributed by atoms with Crippen LogP contribution in [-0.2, 0) is 0 Å². The van der Waals surface area contributed by atoms with Crippen molar-refractivity contribution in [1.29, 1.82) is 0 Å². The van der Waals surface area contributed by atoms with Gasteiger partial charge in [0.15, 0.2) is 0 Å². The summed E-state index contributed by atoms with van der Waals surface area (Å²) in [5.74, 6) is 0. The molecule has 0 radical (unpaired) electrons. The van der Waals surface area contributed by atoms with Gasteiger partial charge in [-0.2, -0.15) is 13.2 Å². The number of nitrogens with zero attached hydrogens (tertiary/aromatic N) is 1. The van der Waals surface area contributed by atoms with E-state index in [4.69, 9.17) is 0 Å². The first-order chi connectivity index (χ1) is 6.89. The highest BCUT2D eigenvalue weighted by Gasteiger charge is 2.29. The molecule has 0 aromatic heterocycles. The zero-order chi connectivity index (χ0) is 11.9. The predicted molar refractivity (Wildman–Crippen MR) is 55.9 cm³/mol. The van der Waals surface area contributed by atoms with Gasteiger partial charge in [0.2, 0.25) is 0 Å². The lowest BCUT2D eigenvalue weighted by atomic mass is 10.2. The average Bonchev–Trinajstić information content (AvgIpc) is 2.11. The molecule has 0 rings (SSSR count). The number of likely N-dealkylation sites (N-methyl/N-ethyl adjacent to an activating group) is 2. The molecule has 0 aliphatic rings. The Kier molecular flexibility index (Phi) is 6.60. The zero-order valence-corrected chi connectivity index (χ0v) is 9.32. The van der Waals surface area contributed by atoms with Gasteiger partial charge in [0, 0.05) is 13.1 Å². The van der Waals surface area contributed by atoms with Crippen molar-refractivity contribution in [1.82, 2.24) is 10.2 Å². The molecule has 0 aliphatic heterocycles. The molecule has 5 heteroatoms. The summed E-state index contributed by atoms with van der Waals surface area (Å²) < 4.78 is 36.3. The highest BCUT2D eigenvalue weighted by Crippen LogP contribution is 2.16. The summed E-state index contributed by atoms with van der Waals surface area (Å²) in [5, 5.41) is 3.03. The topological polar surface area (TPSA) is 15.3 Å². The Labute approximate surface area is 89.1 Å². The maximum atomic E-state index is 12.1. The van der Waals surface area contributed by atoms with E-state index in [1.165, 1.54) is 4.90 Å². The molecule has 0 bridgehead atoms. The lowest BCUT2D eigenvalue weighted by Gasteiger charge is -2.22. The minimum absolute atomic E-state index is 0.295. The molecule has 0 aliphatic carbocycles. The van der Waals surface area contributed by atoms with Crippen LogP contribution < -0.4 is 5.32 Å². The standard InChI is InChI=1S/C10H19F3N2/c1-4-14-6-9(3)7-15(5-2)8-10(11,12)13/h14H,3-8H2,1-2H3. The van der Waals surface area contributed by atoms with Gasteiger partial charge in [-0.3, -0.25) is 4.90 Å². The van der Waals surface area contributed by atoms with Gasteiger partial charge in [0.25, 0.3) is 0 Å². The van der Waals surface area contributed by atoms with E-state index in [2.05, 4.69) is 11.9 Å². The molecule has 0 atom stereocenters. The Morgan fingerprint density at radius 3 is 2.33 bits per heavy atom. The van der Waals surface area contributed by atoms with Crippen molar-refractivity contribution in [3.05, 3.63) is 12.2 Å². The quantitative estimate of drug-likeness (QED) is 0.666. The first-order valence-corrected chi connectivity index (χ1v) is 5.05. The van der Waals surface area contributed by atoms with Gasteiger partial charge in [-0.05, 0) is 18.7 Å². The van der Waals surface area contributed by atoms with E-state index in [0.29, 0.717) is 19.6 Å². The van der Waals surface area contributed by atoms with Crippen LogP contribution in [0.4, 0.5) is 13.2 Å². The van der Waals surface area contributed by atoms with Crippen LogP contribution in [0.3, 0.4) is 0 Å². The molecule has 2 nitrogen and oxygen atoms in total. The second kappa shape index (κ2) is 6.85. The van der Waals surface area contributed by atoms with Crippen LogP contribution in [0.1, 0.15) is 13.8 Å². The lowest BCUT2D eigenvalue weighted by Crippen LogP contribution is -2.36. The molecule has 1 N–H and O–H groups in total. The molecule has 0 aromatic rings. The summed E-state index contributed by atoms with van der Waals surface area (Å²) in [6, 6.07) is 0. The second-order valence-corrected chi connectivity index (χ2v) is 3.45. The van der Waals surface area contributed by atoms with Gasteiger partial charge >= 0.3 is 6.18 Å². The minimum atomic E-state index is -4.13. The van der Waals surface area contributed by atoms with Gasteiger partial charge in [0.05, 0.1) is 6.54 Å². The number of hydrogen-bond acceptors (Lipinski definition) is 2. The summed E-state index contributed by atoms with van der Waals surface area (Å²) in [4.78, 5) is 1.33. The first-order valence-electron chi connectivity index (χ1n) is 5.05. The van der Waals surface area contributed by atoms with E-state index in [9.17, 15) is 13.2 Å². The summed E-state index contributed by atoms with van der Waals surface area (Å²) in [7, 11) is 0. The fourth-order valence-corrected chi connectivity index (χ4v) is 1.21. The molecule has 0 aromatic carbocycles. The molecule has 0 spiro atoms. The molecule has 15 heavy (non-hydrogen) atoms. The smallest absolute Gasteiger partial charge is 0.313 e. The van der Waals surface area contributed by atoms with Gasteiger partial charge in [-0.25, -0.2) is 0 Å². The normalized spacial score (nSPS) is 12.1. The van der Waals surface area contributed by atoms with Gasteiger partial charge < -0.3 is 5.32 Å². The Balaban J connectivity index is 3.93. The number of alkyl halides is 3. The Morgan fingerprint density at radius 2 is 1.93 bits per heavy atom. The molecule has 0 amide bonds. The van der Waals surface area contributed by atoms with Crippen LogP contribution >= 0.6 is 0 Å². The molecule has 0 saturated carbocycles. The molecule has 0 saturated heterocycles. The van der Waals surface area contributed by atoms with Crippen molar-refractivity contribution in [2.45, 2.75) is 20.0 Å². The Hall–Kier alpha value is -0.550. The largest absolute Gasteiger partial charge is 0.401 e. The maximum absolute atomic E-state index is 12.1. The predicted octanol–water partition coefficient (Wildman–Crippen LogP) is 2.04.